The molecule has 0 radical (unpaired) electrons. The van der Waals surface area contributed by atoms with Gasteiger partial charge in [-0.25, -0.2) is 9.89 Å². The van der Waals surface area contributed by atoms with Crippen LogP contribution in [0.5, 0.6) is 0 Å². The van der Waals surface area contributed by atoms with Crippen molar-refractivity contribution in [2.45, 2.75) is 43.9 Å². The molecule has 8 heteroatoms. The van der Waals surface area contributed by atoms with Crippen molar-refractivity contribution < 1.29 is 9.90 Å². The van der Waals surface area contributed by atoms with Gasteiger partial charge < -0.3 is 10.4 Å². The van der Waals surface area contributed by atoms with Gasteiger partial charge >= 0.3 is 11.7 Å². The lowest BCUT2D eigenvalue weighted by atomic mass is 9.96. The Kier molecular flexibility index (Phi) is 4.54. The fraction of sp³-hybridized carbons (Fsp3) is 0.750. The molecule has 0 saturated heterocycles. The van der Waals surface area contributed by atoms with E-state index in [1.807, 2.05) is 13.8 Å². The van der Waals surface area contributed by atoms with Gasteiger partial charge in [-0.3, -0.25) is 9.36 Å². The van der Waals surface area contributed by atoms with Gasteiger partial charge in [0.05, 0.1) is 0 Å². The number of aromatic amines is 1. The van der Waals surface area contributed by atoms with Gasteiger partial charge in [-0.2, -0.15) is 0 Å². The predicted molar refractivity (Wildman–Crippen MR) is 76.0 cm³/mol. The van der Waals surface area contributed by atoms with E-state index in [1.54, 1.807) is 0 Å². The van der Waals surface area contributed by atoms with Crippen molar-refractivity contribution in [3.05, 3.63) is 10.5 Å². The van der Waals surface area contributed by atoms with Crippen LogP contribution in [0.4, 0.5) is 0 Å². The second kappa shape index (κ2) is 6.01. The highest BCUT2D eigenvalue weighted by molar-refractivity contribution is 7.99. The first-order chi connectivity index (χ1) is 9.55. The predicted octanol–water partition coefficient (Wildman–Crippen LogP) is 0.526. The largest absolute Gasteiger partial charge is 0.480 e. The number of carbonyl (C=O) groups is 1. The standard InChI is InChI=1S/C12H20N4O3S/c1-3-13-12(9(17)18,8-5-6-8)7-20-11-15-14-10(19)16(11)4-2/h8,13H,3-7H2,1-2H3,(H,14,19)(H,17,18). The molecule has 0 bridgehead atoms. The summed E-state index contributed by atoms with van der Waals surface area (Å²) in [6.45, 7) is 4.88. The average molecular weight is 300 g/mol. The molecule has 1 saturated carbocycles. The van der Waals surface area contributed by atoms with Crippen LogP contribution in [0, 0.1) is 5.92 Å². The number of hydrogen-bond acceptors (Lipinski definition) is 5. The number of carboxylic acids is 1. The number of aliphatic carboxylic acids is 1. The minimum atomic E-state index is -0.924. The fourth-order valence-electron chi connectivity index (χ4n) is 2.39. The summed E-state index contributed by atoms with van der Waals surface area (Å²) in [4.78, 5) is 23.2. The number of H-pyrrole nitrogens is 1. The molecule has 1 heterocycles. The molecule has 1 aliphatic rings. The highest BCUT2D eigenvalue weighted by Gasteiger charge is 2.50. The van der Waals surface area contributed by atoms with Gasteiger partial charge in [0.1, 0.15) is 5.54 Å². The molecule has 0 aliphatic heterocycles. The lowest BCUT2D eigenvalue weighted by molar-refractivity contribution is -0.144. The number of hydrogen-bond donors (Lipinski definition) is 3. The summed E-state index contributed by atoms with van der Waals surface area (Å²) in [7, 11) is 0. The van der Waals surface area contributed by atoms with E-state index in [4.69, 9.17) is 0 Å². The lowest BCUT2D eigenvalue weighted by Crippen LogP contribution is -2.56. The van der Waals surface area contributed by atoms with E-state index in [0.717, 1.165) is 12.8 Å². The SMILES string of the molecule is CCNC(CSc1n[nH]c(=O)n1CC)(C(=O)O)C1CC1. The summed E-state index contributed by atoms with van der Waals surface area (Å²) < 4.78 is 1.51. The van der Waals surface area contributed by atoms with E-state index in [9.17, 15) is 14.7 Å². The molecule has 1 unspecified atom stereocenters. The van der Waals surface area contributed by atoms with Crippen molar-refractivity contribution in [1.82, 2.24) is 20.1 Å². The van der Waals surface area contributed by atoms with Crippen LogP contribution in [0.25, 0.3) is 0 Å². The minimum absolute atomic E-state index is 0.160. The van der Waals surface area contributed by atoms with Gasteiger partial charge in [0.25, 0.3) is 0 Å². The van der Waals surface area contributed by atoms with Crippen molar-refractivity contribution in [3.63, 3.8) is 0 Å². The fourth-order valence-corrected chi connectivity index (χ4v) is 3.68. The molecule has 0 amide bonds. The first kappa shape index (κ1) is 15.1. The molecule has 1 atom stereocenters. The van der Waals surface area contributed by atoms with Crippen molar-refractivity contribution in [3.8, 4) is 0 Å². The molecule has 112 valence electrons. The van der Waals surface area contributed by atoms with Crippen LogP contribution < -0.4 is 11.0 Å². The van der Waals surface area contributed by atoms with Gasteiger partial charge in [-0.15, -0.1) is 5.10 Å². The van der Waals surface area contributed by atoms with Gasteiger partial charge in [-0.1, -0.05) is 18.7 Å². The number of nitrogens with one attached hydrogen (secondary N) is 2. The smallest absolute Gasteiger partial charge is 0.343 e. The van der Waals surface area contributed by atoms with E-state index in [1.165, 1.54) is 16.3 Å². The van der Waals surface area contributed by atoms with Crippen LogP contribution in [0.2, 0.25) is 0 Å². The normalized spacial score (nSPS) is 17.9. The van der Waals surface area contributed by atoms with Crippen LogP contribution in [0.1, 0.15) is 26.7 Å². The van der Waals surface area contributed by atoms with Gasteiger partial charge in [-0.05, 0) is 32.2 Å². The Morgan fingerprint density at radius 1 is 1.60 bits per heavy atom. The molecule has 3 N–H and O–H groups in total. The van der Waals surface area contributed by atoms with Crippen LogP contribution in [0.15, 0.2) is 9.95 Å². The molecule has 1 fully saturated rings. The Labute approximate surface area is 121 Å². The number of thioether (sulfide) groups is 1. The van der Waals surface area contributed by atoms with Crippen LogP contribution >= 0.6 is 11.8 Å². The molecular weight excluding hydrogens is 280 g/mol. The highest BCUT2D eigenvalue weighted by Crippen LogP contribution is 2.42. The summed E-state index contributed by atoms with van der Waals surface area (Å²) in [5.74, 6) is -0.297. The molecule has 0 aromatic carbocycles. The van der Waals surface area contributed by atoms with Gasteiger partial charge in [0.15, 0.2) is 5.16 Å². The van der Waals surface area contributed by atoms with Crippen molar-refractivity contribution in [2.24, 2.45) is 5.92 Å². The summed E-state index contributed by atoms with van der Waals surface area (Å²) in [5, 5.41) is 19.6. The summed E-state index contributed by atoms with van der Waals surface area (Å²) in [5.41, 5.74) is -1.18. The second-order valence-corrected chi connectivity index (χ2v) is 5.87. The molecule has 1 aromatic heterocycles. The van der Waals surface area contributed by atoms with Gasteiger partial charge in [0, 0.05) is 12.3 Å². The van der Waals surface area contributed by atoms with Crippen molar-refractivity contribution in [1.29, 1.82) is 0 Å². The molecule has 20 heavy (non-hydrogen) atoms. The van der Waals surface area contributed by atoms with E-state index < -0.39 is 11.5 Å². The third-order valence-electron chi connectivity index (χ3n) is 3.62. The zero-order valence-corrected chi connectivity index (χ0v) is 12.5. The van der Waals surface area contributed by atoms with E-state index >= 15 is 0 Å². The lowest BCUT2D eigenvalue weighted by Gasteiger charge is -2.29. The van der Waals surface area contributed by atoms with E-state index in [-0.39, 0.29) is 11.6 Å². The average Bonchev–Trinajstić information content (AvgIpc) is 3.19. The van der Waals surface area contributed by atoms with Crippen LogP contribution in [0.3, 0.4) is 0 Å². The van der Waals surface area contributed by atoms with Crippen molar-refractivity contribution >= 4 is 17.7 Å². The zero-order valence-electron chi connectivity index (χ0n) is 11.7. The summed E-state index contributed by atoms with van der Waals surface area (Å²) >= 11 is 1.31. The summed E-state index contributed by atoms with van der Waals surface area (Å²) in [6.07, 6.45) is 1.86. The number of rotatable bonds is 8. The van der Waals surface area contributed by atoms with E-state index in [2.05, 4.69) is 15.5 Å². The van der Waals surface area contributed by atoms with E-state index in [0.29, 0.717) is 24.0 Å². The number of likely N-dealkylation sites (N-methyl/N-ethyl adjacent to an activating group) is 1. The Balaban J connectivity index is 2.16. The second-order valence-electron chi connectivity index (χ2n) is 4.93. The van der Waals surface area contributed by atoms with Gasteiger partial charge in [0.2, 0.25) is 0 Å². The Morgan fingerprint density at radius 3 is 2.80 bits per heavy atom. The molecule has 1 aromatic rings. The molecule has 2 rings (SSSR count). The number of aromatic nitrogens is 3. The quantitative estimate of drug-likeness (QED) is 0.605. The molecule has 0 spiro atoms. The zero-order chi connectivity index (χ0) is 14.8. The van der Waals surface area contributed by atoms with Crippen LogP contribution in [-0.2, 0) is 11.3 Å². The topological polar surface area (TPSA) is 100 Å². The maximum Gasteiger partial charge on any atom is 0.343 e. The highest BCUT2D eigenvalue weighted by atomic mass is 32.2. The first-order valence-corrected chi connectivity index (χ1v) is 7.80. The number of carboxylic acid groups (broad SMARTS) is 1. The van der Waals surface area contributed by atoms with Crippen molar-refractivity contribution in [2.75, 3.05) is 12.3 Å². The molecule has 7 nitrogen and oxygen atoms in total. The Hall–Kier alpha value is -1.28. The molecular formula is C12H20N4O3S. The third-order valence-corrected chi connectivity index (χ3v) is 4.79. The third kappa shape index (κ3) is 2.76. The maximum absolute atomic E-state index is 11.7. The Morgan fingerprint density at radius 2 is 2.30 bits per heavy atom. The minimum Gasteiger partial charge on any atom is -0.480 e. The Bertz CT molecular complexity index is 537. The summed E-state index contributed by atoms with van der Waals surface area (Å²) in [6, 6.07) is 0. The monoisotopic (exact) mass is 300 g/mol. The molecule has 1 aliphatic carbocycles. The van der Waals surface area contributed by atoms with Crippen LogP contribution in [-0.4, -0.2) is 43.7 Å². The first-order valence-electron chi connectivity index (χ1n) is 6.81. The maximum atomic E-state index is 11.7. The number of nitrogens with zero attached hydrogens (tertiary/aromatic N) is 2.